The predicted molar refractivity (Wildman–Crippen MR) is 234 cm³/mol. The summed E-state index contributed by atoms with van der Waals surface area (Å²) in [4.78, 5) is 51.4. The van der Waals surface area contributed by atoms with Gasteiger partial charge in [-0.3, -0.25) is 24.7 Å². The number of aryl methyl sites for hydroxylation is 2. The molecule has 340 valence electrons. The third-order valence-corrected chi connectivity index (χ3v) is 9.91. The molecule has 0 saturated heterocycles. The van der Waals surface area contributed by atoms with Crippen LogP contribution in [0.1, 0.15) is 41.0 Å². The van der Waals surface area contributed by atoms with E-state index in [0.29, 0.717) is 107 Å². The second-order valence-electron chi connectivity index (χ2n) is 13.9. The maximum atomic E-state index is 14.8. The van der Waals surface area contributed by atoms with E-state index in [1.54, 1.807) is 24.4 Å². The zero-order valence-electron chi connectivity index (χ0n) is 35.7. The van der Waals surface area contributed by atoms with Crippen LogP contribution in [0, 0.1) is 12.7 Å². The number of imidazole rings is 1. The molecule has 0 bridgehead atoms. The van der Waals surface area contributed by atoms with Gasteiger partial charge in [0.05, 0.1) is 102 Å². The van der Waals surface area contributed by atoms with E-state index in [1.165, 1.54) is 23.5 Å². The first kappa shape index (κ1) is 48.8. The van der Waals surface area contributed by atoms with Crippen molar-refractivity contribution in [3.05, 3.63) is 88.9 Å². The number of thiazole rings is 1. The summed E-state index contributed by atoms with van der Waals surface area (Å²) >= 11 is 1.32. The molecule has 0 aliphatic heterocycles. The fourth-order valence-corrected chi connectivity index (χ4v) is 6.63. The Balaban J connectivity index is 0.885. The van der Waals surface area contributed by atoms with Crippen molar-refractivity contribution < 1.29 is 51.9 Å². The van der Waals surface area contributed by atoms with Crippen LogP contribution in [0.25, 0.3) is 22.4 Å². The molecule has 0 radical (unpaired) electrons. The maximum Gasteiger partial charge on any atom is 0.313 e. The zero-order valence-corrected chi connectivity index (χ0v) is 36.6. The number of benzene rings is 2. The summed E-state index contributed by atoms with van der Waals surface area (Å²) in [6.07, 6.45) is 2.39. The van der Waals surface area contributed by atoms with Crippen LogP contribution in [0.15, 0.2) is 66.2 Å². The van der Waals surface area contributed by atoms with Gasteiger partial charge in [-0.25, -0.2) is 14.4 Å². The van der Waals surface area contributed by atoms with E-state index in [4.69, 9.17) is 33.2 Å². The first-order valence-corrected chi connectivity index (χ1v) is 21.7. The highest BCUT2D eigenvalue weighted by Gasteiger charge is 2.15. The Labute approximate surface area is 369 Å². The quantitative estimate of drug-likeness (QED) is 0.0307. The Morgan fingerprint density at radius 2 is 1.44 bits per heavy atom. The lowest BCUT2D eigenvalue weighted by Crippen LogP contribution is -2.23. The molecule has 2 aromatic carbocycles. The number of carbonyl (C=O) groups is 3. The molecular formula is C44H56FN7O10S. The number of hydrogen-bond donors (Lipinski definition) is 3. The van der Waals surface area contributed by atoms with Gasteiger partial charge in [-0.2, -0.15) is 0 Å². The molecule has 5 rings (SSSR count). The monoisotopic (exact) mass is 893 g/mol. The molecule has 19 heteroatoms. The van der Waals surface area contributed by atoms with Crippen molar-refractivity contribution >= 4 is 45.3 Å². The van der Waals surface area contributed by atoms with Crippen molar-refractivity contribution in [3.63, 3.8) is 0 Å². The number of carbonyl (C=O) groups excluding carboxylic acids is 3. The number of anilines is 1. The molecule has 0 saturated carbocycles. The van der Waals surface area contributed by atoms with Crippen LogP contribution in [0.4, 0.5) is 9.52 Å². The Hall–Kier alpha value is -5.25. The zero-order chi connectivity index (χ0) is 44.5. The van der Waals surface area contributed by atoms with Gasteiger partial charge in [0.1, 0.15) is 11.5 Å². The number of nitrogens with one attached hydrogen (secondary N) is 3. The molecule has 63 heavy (non-hydrogen) atoms. The Kier molecular flexibility index (Phi) is 21.5. The summed E-state index contributed by atoms with van der Waals surface area (Å²) in [7, 11) is 1.88. The van der Waals surface area contributed by atoms with Gasteiger partial charge in [0, 0.05) is 43.2 Å². The van der Waals surface area contributed by atoms with Crippen LogP contribution < -0.4 is 20.7 Å². The second kappa shape index (κ2) is 27.7. The van der Waals surface area contributed by atoms with Gasteiger partial charge in [-0.15, -0.1) is 11.3 Å². The summed E-state index contributed by atoms with van der Waals surface area (Å²) in [5, 5.41) is 11.0. The van der Waals surface area contributed by atoms with Gasteiger partial charge in [-0.05, 0) is 68.4 Å². The largest absolute Gasteiger partial charge is 0.423 e. The van der Waals surface area contributed by atoms with Crippen LogP contribution >= 0.6 is 11.3 Å². The lowest BCUT2D eigenvalue weighted by Gasteiger charge is -2.10. The Morgan fingerprint density at radius 3 is 2.10 bits per heavy atom. The third-order valence-electron chi connectivity index (χ3n) is 9.16. The minimum Gasteiger partial charge on any atom is -0.423 e. The number of rotatable bonds is 31. The number of esters is 1. The fraction of sp³-hybridized carbons (Fsp3) is 0.455. The predicted octanol–water partition coefficient (Wildman–Crippen LogP) is 4.97. The first-order chi connectivity index (χ1) is 30.8. The number of hydrogen-bond acceptors (Lipinski definition) is 15. The second-order valence-corrected chi connectivity index (χ2v) is 14.7. The van der Waals surface area contributed by atoms with Gasteiger partial charge in [-0.1, -0.05) is 12.1 Å². The molecule has 5 aromatic rings. The van der Waals surface area contributed by atoms with Crippen molar-refractivity contribution in [2.24, 2.45) is 0 Å². The summed E-state index contributed by atoms with van der Waals surface area (Å²) in [6.45, 7) is 8.47. The fourth-order valence-electron chi connectivity index (χ4n) is 5.93. The Morgan fingerprint density at radius 1 is 0.762 bits per heavy atom. The lowest BCUT2D eigenvalue weighted by atomic mass is 10.2. The van der Waals surface area contributed by atoms with Gasteiger partial charge in [0.15, 0.2) is 16.7 Å². The number of pyridine rings is 1. The number of likely N-dealkylation sites (N-methyl/N-ethyl adjacent to an activating group) is 1. The Bertz CT molecular complexity index is 2160. The smallest absolute Gasteiger partial charge is 0.313 e. The van der Waals surface area contributed by atoms with Gasteiger partial charge < -0.3 is 48.4 Å². The standard InChI is InChI=1S/C44H56FN7O10S/c1-32-49-37-29-34(43(55)51-44-50-38(31-63-44)36-6-3-4-13-47-36)9-10-39(37)52(32)15-5-7-41(53)48-30-33-8-11-40(35(45)28-33)62-42(54)12-16-56-18-20-58-22-24-60-26-27-61-25-23-59-21-19-57-17-14-46-2/h3-4,6,8-11,13,28-29,31,46H,5,7,12,14-27,30H2,1-2H3,(H,48,53)(H,50,51,55). The molecular weight excluding hydrogens is 838 g/mol. The van der Waals surface area contributed by atoms with Gasteiger partial charge in [0.2, 0.25) is 5.91 Å². The lowest BCUT2D eigenvalue weighted by molar-refractivity contribution is -0.136. The molecule has 2 amide bonds. The van der Waals surface area contributed by atoms with Crippen molar-refractivity contribution in [1.82, 2.24) is 30.2 Å². The number of halogens is 1. The summed E-state index contributed by atoms with van der Waals surface area (Å²) in [5.74, 6) is -1.30. The van der Waals surface area contributed by atoms with Crippen molar-refractivity contribution in [2.75, 3.05) is 98.2 Å². The minimum absolute atomic E-state index is 0.0642. The highest BCUT2D eigenvalue weighted by molar-refractivity contribution is 7.14. The van der Waals surface area contributed by atoms with Gasteiger partial charge in [0.25, 0.3) is 5.91 Å². The van der Waals surface area contributed by atoms with Crippen LogP contribution in [-0.2, 0) is 51.1 Å². The van der Waals surface area contributed by atoms with E-state index >= 15 is 0 Å². The molecule has 3 aromatic heterocycles. The average Bonchev–Trinajstić information content (AvgIpc) is 3.89. The number of fused-ring (bicyclic) bond motifs is 1. The normalized spacial score (nSPS) is 11.3. The molecule has 0 spiro atoms. The molecule has 0 aliphatic rings. The van der Waals surface area contributed by atoms with E-state index in [2.05, 4.69) is 30.9 Å². The maximum absolute atomic E-state index is 14.8. The highest BCUT2D eigenvalue weighted by atomic mass is 32.1. The molecule has 0 atom stereocenters. The molecule has 17 nitrogen and oxygen atoms in total. The minimum atomic E-state index is -0.717. The van der Waals surface area contributed by atoms with Gasteiger partial charge >= 0.3 is 5.97 Å². The third kappa shape index (κ3) is 17.4. The first-order valence-electron chi connectivity index (χ1n) is 20.8. The van der Waals surface area contributed by atoms with E-state index in [0.717, 1.165) is 23.6 Å². The van der Waals surface area contributed by atoms with Crippen LogP contribution in [0.3, 0.4) is 0 Å². The number of ether oxygens (including phenoxy) is 7. The molecule has 3 N–H and O–H groups in total. The van der Waals surface area contributed by atoms with E-state index in [-0.39, 0.29) is 50.2 Å². The molecule has 0 fully saturated rings. The number of nitrogens with zero attached hydrogens (tertiary/aromatic N) is 4. The molecule has 0 unspecified atom stereocenters. The van der Waals surface area contributed by atoms with Crippen molar-refractivity contribution in [1.29, 1.82) is 0 Å². The van der Waals surface area contributed by atoms with Crippen LogP contribution in [0.2, 0.25) is 0 Å². The van der Waals surface area contributed by atoms with E-state index in [1.807, 2.05) is 48.2 Å². The van der Waals surface area contributed by atoms with E-state index in [9.17, 15) is 18.8 Å². The highest BCUT2D eigenvalue weighted by Crippen LogP contribution is 2.25. The number of aromatic nitrogens is 4. The van der Waals surface area contributed by atoms with Crippen molar-refractivity contribution in [3.8, 4) is 17.1 Å². The molecule has 0 aliphatic carbocycles. The summed E-state index contributed by atoms with van der Waals surface area (Å²) in [6, 6.07) is 15.0. The van der Waals surface area contributed by atoms with Crippen LogP contribution in [0.5, 0.6) is 5.75 Å². The number of amides is 2. The SMILES string of the molecule is CNCCOCCOCCOCCOCCOCCOCCC(=O)Oc1ccc(CNC(=O)CCCn2c(C)nc3cc(C(=O)Nc4nc(-c5ccccn5)cs4)ccc32)cc1F. The van der Waals surface area contributed by atoms with Crippen LogP contribution in [-0.4, -0.2) is 130 Å². The van der Waals surface area contributed by atoms with Crippen molar-refractivity contribution in [2.45, 2.75) is 39.3 Å². The topological polar surface area (TPSA) is 196 Å². The molecule has 3 heterocycles. The van der Waals surface area contributed by atoms with E-state index < -0.39 is 11.8 Å². The average molecular weight is 894 g/mol. The summed E-state index contributed by atoms with van der Waals surface area (Å²) in [5.41, 5.74) is 3.88. The summed E-state index contributed by atoms with van der Waals surface area (Å²) < 4.78 is 54.5.